The second kappa shape index (κ2) is 9.54. The van der Waals surface area contributed by atoms with E-state index < -0.39 is 10.1 Å². The van der Waals surface area contributed by atoms with Gasteiger partial charge in [-0.1, -0.05) is 17.7 Å². The Bertz CT molecular complexity index is 649. The third kappa shape index (κ3) is 7.49. The normalized spacial score (nSPS) is 15.3. The molecule has 1 aliphatic heterocycles. The van der Waals surface area contributed by atoms with Crippen molar-refractivity contribution in [1.29, 1.82) is 5.41 Å². The molecule has 2 N–H and O–H groups in total. The summed E-state index contributed by atoms with van der Waals surface area (Å²) in [5.41, 5.74) is 1.54. The molecule has 1 saturated heterocycles. The van der Waals surface area contributed by atoms with Crippen LogP contribution in [0.25, 0.3) is 0 Å². The molecule has 0 unspecified atom stereocenters. The molecule has 1 heterocycles. The zero-order valence-electron chi connectivity index (χ0n) is 13.4. The second-order valence-corrected chi connectivity index (χ2v) is 6.58. The predicted octanol–water partition coefficient (Wildman–Crippen LogP) is 1.62. The minimum Gasteiger partial charge on any atom is -0.379 e. The number of nitrogens with zero attached hydrogens (tertiary/aromatic N) is 2. The largest absolute Gasteiger partial charge is 0.379 e. The van der Waals surface area contributed by atoms with Crippen LogP contribution in [0.4, 0.5) is 0 Å². The first-order valence-electron chi connectivity index (χ1n) is 7.27. The van der Waals surface area contributed by atoms with Crippen molar-refractivity contribution in [2.45, 2.75) is 18.7 Å². The van der Waals surface area contributed by atoms with E-state index in [0.717, 1.165) is 38.4 Å². The Hall–Kier alpha value is -1.57. The molecule has 23 heavy (non-hydrogen) atoms. The number of hydrogen-bond donors (Lipinski definition) is 2. The molecule has 128 valence electrons. The summed E-state index contributed by atoms with van der Waals surface area (Å²) in [5, 5.41) is 6.56. The van der Waals surface area contributed by atoms with Crippen molar-refractivity contribution in [3.63, 3.8) is 0 Å². The van der Waals surface area contributed by atoms with Crippen molar-refractivity contribution >= 4 is 16.1 Å². The lowest BCUT2D eigenvalue weighted by Gasteiger charge is -2.25. The molecule has 0 spiro atoms. The predicted molar refractivity (Wildman–Crippen MR) is 88.0 cm³/mol. The molecular formula is C15H23N3O4S. The maximum atomic E-state index is 10.7. The van der Waals surface area contributed by atoms with E-state index in [9.17, 15) is 8.42 Å². The number of morpholine rings is 1. The Kier molecular flexibility index (Phi) is 8.08. The third-order valence-corrected chi connectivity index (χ3v) is 4.33. The van der Waals surface area contributed by atoms with Crippen LogP contribution < -0.4 is 0 Å². The monoisotopic (exact) mass is 341 g/mol. The summed E-state index contributed by atoms with van der Waals surface area (Å²) in [6, 6.07) is 6.79. The lowest BCUT2D eigenvalue weighted by atomic mass is 10.2. The Balaban J connectivity index is 0.000000231. The van der Waals surface area contributed by atoms with E-state index in [0.29, 0.717) is 12.1 Å². The minimum absolute atomic E-state index is 0.0203. The molecule has 1 aliphatic rings. The first kappa shape index (κ1) is 19.5. The average Bonchev–Trinajstić information content (AvgIpc) is 2.48. The molecular weight excluding hydrogens is 318 g/mol. The first-order valence-corrected chi connectivity index (χ1v) is 8.71. The smallest absolute Gasteiger partial charge is 0.294 e. The Labute approximate surface area is 137 Å². The van der Waals surface area contributed by atoms with E-state index in [1.165, 1.54) is 6.07 Å². The number of hydrogen-bond acceptors (Lipinski definition) is 6. The van der Waals surface area contributed by atoms with E-state index in [1.54, 1.807) is 19.1 Å². The topological polar surface area (TPSA) is 103 Å². The molecule has 1 fully saturated rings. The van der Waals surface area contributed by atoms with E-state index in [-0.39, 0.29) is 4.90 Å². The molecule has 1 aromatic carbocycles. The zero-order chi connectivity index (χ0) is 17.3. The molecule has 1 aromatic rings. The van der Waals surface area contributed by atoms with Crippen LogP contribution in [0, 0.1) is 19.3 Å². The van der Waals surface area contributed by atoms with Crippen molar-refractivity contribution in [1.82, 2.24) is 4.90 Å². The van der Waals surface area contributed by atoms with Gasteiger partial charge in [0.2, 0.25) is 0 Å². The lowest BCUT2D eigenvalue weighted by molar-refractivity contribution is 0.0395. The van der Waals surface area contributed by atoms with Gasteiger partial charge in [-0.2, -0.15) is 8.42 Å². The maximum Gasteiger partial charge on any atom is 0.294 e. The van der Waals surface area contributed by atoms with Gasteiger partial charge in [-0.25, -0.2) is 10.4 Å². The summed E-state index contributed by atoms with van der Waals surface area (Å²) >= 11 is 0. The van der Waals surface area contributed by atoms with Gasteiger partial charge in [0.15, 0.2) is 0 Å². The summed E-state index contributed by atoms with van der Waals surface area (Å²) in [5.74, 6) is 0. The third-order valence-electron chi connectivity index (χ3n) is 3.32. The molecule has 0 amide bonds. The van der Waals surface area contributed by atoms with Crippen molar-refractivity contribution in [2.75, 3.05) is 39.4 Å². The van der Waals surface area contributed by atoms with Gasteiger partial charge in [-0.05, 0) is 25.5 Å². The Morgan fingerprint density at radius 1 is 1.35 bits per heavy atom. The fourth-order valence-corrected chi connectivity index (χ4v) is 2.87. The quantitative estimate of drug-likeness (QED) is 0.640. The van der Waals surface area contributed by atoms with E-state index >= 15 is 0 Å². The highest BCUT2D eigenvalue weighted by Crippen LogP contribution is 2.15. The van der Waals surface area contributed by atoms with Crippen LogP contribution in [-0.2, 0) is 14.9 Å². The molecule has 8 heteroatoms. The van der Waals surface area contributed by atoms with Gasteiger partial charge in [0.25, 0.3) is 10.1 Å². The van der Waals surface area contributed by atoms with Crippen LogP contribution in [-0.4, -0.2) is 63.3 Å². The van der Waals surface area contributed by atoms with Crippen LogP contribution in [0.2, 0.25) is 0 Å². The van der Waals surface area contributed by atoms with Gasteiger partial charge in [0.1, 0.15) is 0 Å². The molecule has 0 saturated carbocycles. The number of rotatable bonds is 4. The fourth-order valence-electron chi connectivity index (χ4n) is 2.16. The molecule has 0 aromatic heterocycles. The lowest BCUT2D eigenvalue weighted by Crippen LogP contribution is -2.37. The van der Waals surface area contributed by atoms with Crippen molar-refractivity contribution in [3.8, 4) is 0 Å². The molecule has 0 atom stereocenters. The second-order valence-electron chi connectivity index (χ2n) is 5.19. The van der Waals surface area contributed by atoms with Gasteiger partial charge < -0.3 is 4.74 Å². The first-order chi connectivity index (χ1) is 10.8. The molecule has 0 bridgehead atoms. The van der Waals surface area contributed by atoms with Crippen LogP contribution in [0.15, 0.2) is 28.1 Å². The number of benzene rings is 1. The van der Waals surface area contributed by atoms with E-state index in [1.807, 2.05) is 12.9 Å². The van der Waals surface area contributed by atoms with Crippen molar-refractivity contribution in [2.24, 2.45) is 4.99 Å². The van der Waals surface area contributed by atoms with Crippen LogP contribution in [0.5, 0.6) is 0 Å². The van der Waals surface area contributed by atoms with E-state index in [4.69, 9.17) is 14.7 Å². The Morgan fingerprint density at radius 2 is 2.00 bits per heavy atom. The van der Waals surface area contributed by atoms with Gasteiger partial charge in [0.05, 0.1) is 30.7 Å². The van der Waals surface area contributed by atoms with Crippen molar-refractivity contribution < 1.29 is 17.7 Å². The van der Waals surface area contributed by atoms with Gasteiger partial charge >= 0.3 is 0 Å². The highest BCUT2D eigenvalue weighted by Gasteiger charge is 2.11. The van der Waals surface area contributed by atoms with E-state index in [2.05, 4.69) is 9.89 Å². The van der Waals surface area contributed by atoms with Crippen molar-refractivity contribution in [3.05, 3.63) is 29.3 Å². The molecule has 0 aliphatic carbocycles. The van der Waals surface area contributed by atoms with Crippen LogP contribution in [0.3, 0.4) is 0 Å². The average molecular weight is 341 g/mol. The SMILES string of the molecule is Cc1ccc(S(=O)(=O)O)c(C)c1.N=C=NCCN1CCOCC1. The Morgan fingerprint density at radius 3 is 2.52 bits per heavy atom. The highest BCUT2D eigenvalue weighted by molar-refractivity contribution is 7.85. The molecule has 0 radical (unpaired) electrons. The van der Waals surface area contributed by atoms with Gasteiger partial charge in [-0.15, -0.1) is 0 Å². The fraction of sp³-hybridized carbons (Fsp3) is 0.533. The number of aliphatic imine (C=N–C) groups is 1. The summed E-state index contributed by atoms with van der Waals surface area (Å²) in [6.07, 6.45) is 0. The zero-order valence-corrected chi connectivity index (χ0v) is 14.3. The number of nitrogens with one attached hydrogen (secondary N) is 1. The highest BCUT2D eigenvalue weighted by atomic mass is 32.2. The number of aryl methyl sites for hydroxylation is 2. The maximum absolute atomic E-state index is 10.7. The van der Waals surface area contributed by atoms with Gasteiger partial charge in [-0.3, -0.25) is 9.45 Å². The summed E-state index contributed by atoms with van der Waals surface area (Å²) in [6.45, 7) is 8.76. The molecule has 7 nitrogen and oxygen atoms in total. The molecule has 2 rings (SSSR count). The standard InChI is InChI=1S/C8H10O3S.C7H13N3O/c1-6-3-4-8(7(2)5-6)12(9,10)11;8-7-9-1-2-10-3-5-11-6-4-10/h3-5H,1-2H3,(H,9,10,11);8H,1-6H2. The summed E-state index contributed by atoms with van der Waals surface area (Å²) in [4.78, 5) is 5.96. The number of ether oxygens (including phenoxy) is 1. The van der Waals surface area contributed by atoms with Crippen LogP contribution in [0.1, 0.15) is 11.1 Å². The minimum atomic E-state index is -4.05. The van der Waals surface area contributed by atoms with Gasteiger partial charge in [0, 0.05) is 19.6 Å². The van der Waals surface area contributed by atoms with Crippen LogP contribution >= 0.6 is 0 Å². The summed E-state index contributed by atoms with van der Waals surface area (Å²) in [7, 11) is -4.05. The summed E-state index contributed by atoms with van der Waals surface area (Å²) < 4.78 is 35.4.